The number of hydrogen-bond donors (Lipinski definition) is 6. The van der Waals surface area contributed by atoms with Crippen LogP contribution in [0.15, 0.2) is 23.0 Å². The Hall–Kier alpha value is -3.58. The molecule has 13 heteroatoms. The van der Waals surface area contributed by atoms with E-state index in [1.807, 2.05) is 0 Å². The molecule has 1 unspecified atom stereocenters. The third kappa shape index (κ3) is 4.00. The minimum Gasteiger partial charge on any atom is -0.508 e. The molecule has 4 atom stereocenters. The quantitative estimate of drug-likeness (QED) is 0.303. The van der Waals surface area contributed by atoms with Crippen molar-refractivity contribution in [3.05, 3.63) is 39.7 Å². The molecule has 7 N–H and O–H groups in total. The molecule has 10 nitrogen and oxygen atoms in total. The number of nitrogens with two attached hydrogens (primary N) is 1. The van der Waals surface area contributed by atoms with Crippen LogP contribution in [-0.2, 0) is 27.3 Å². The molecule has 4 rings (SSSR count). The maximum atomic E-state index is 13.6. The Morgan fingerprint density at radius 3 is 2.42 bits per heavy atom. The number of benzene rings is 1. The number of primary amides is 1. The van der Waals surface area contributed by atoms with Gasteiger partial charge in [0.05, 0.1) is 5.56 Å². The second kappa shape index (κ2) is 9.02. The van der Waals surface area contributed by atoms with E-state index in [0.717, 1.165) is 6.92 Å². The largest absolute Gasteiger partial charge is 0.508 e. The van der Waals surface area contributed by atoms with E-state index < -0.39 is 82.9 Å². The number of phenols is 1. The fourth-order valence-electron chi connectivity index (χ4n) is 5.64. The van der Waals surface area contributed by atoms with Crippen LogP contribution in [0.1, 0.15) is 36.5 Å². The van der Waals surface area contributed by atoms with E-state index >= 15 is 0 Å². The molecule has 0 saturated heterocycles. The molecule has 0 aliphatic heterocycles. The van der Waals surface area contributed by atoms with Gasteiger partial charge in [-0.15, -0.1) is 0 Å². The van der Waals surface area contributed by atoms with Gasteiger partial charge in [0.1, 0.15) is 28.9 Å². The Morgan fingerprint density at radius 1 is 1.24 bits per heavy atom. The van der Waals surface area contributed by atoms with Crippen LogP contribution in [0, 0.1) is 11.8 Å². The van der Waals surface area contributed by atoms with E-state index in [2.05, 4.69) is 5.32 Å². The lowest BCUT2D eigenvalue weighted by Gasteiger charge is -2.46. The number of aromatic hydroxyl groups is 1. The van der Waals surface area contributed by atoms with Gasteiger partial charge >= 0.3 is 6.18 Å². The van der Waals surface area contributed by atoms with Gasteiger partial charge in [-0.1, -0.05) is 0 Å². The summed E-state index contributed by atoms with van der Waals surface area (Å²) in [6, 6.07) is -0.409. The standard InChI is InChI=1S/C25H28F3N3O7/c1-9(25(26,27)28)30-8-11-6-14(31(2)3)13-5-10-4-12-7-15(32)18(23(29)37)22(36)24(12,38)21(35)16(10)20(34)17(13)19(11)33/h6,9-10,12,30,33-34,36,38H,4-5,7-8H2,1-3H3,(H2,29,37)/t9?,10-,12+,24+/m1/s1. The van der Waals surface area contributed by atoms with Crippen LogP contribution < -0.4 is 16.0 Å². The zero-order valence-electron chi connectivity index (χ0n) is 20.8. The summed E-state index contributed by atoms with van der Waals surface area (Å²) in [7, 11) is 3.33. The number of carbonyl (C=O) groups is 3. The molecular weight excluding hydrogens is 511 g/mol. The van der Waals surface area contributed by atoms with Crippen molar-refractivity contribution < 1.29 is 48.0 Å². The number of nitrogens with zero attached hydrogens (tertiary/aromatic N) is 1. The first kappa shape index (κ1) is 27.5. The van der Waals surface area contributed by atoms with Crippen LogP contribution in [0.5, 0.6) is 5.75 Å². The molecule has 1 saturated carbocycles. The summed E-state index contributed by atoms with van der Waals surface area (Å²) in [6.07, 6.45) is -4.91. The topological polar surface area (TPSA) is 173 Å². The molecule has 3 aliphatic carbocycles. The van der Waals surface area contributed by atoms with Crippen LogP contribution >= 0.6 is 0 Å². The number of alkyl halides is 3. The molecule has 1 amide bonds. The molecule has 0 aromatic heterocycles. The lowest BCUT2D eigenvalue weighted by molar-refractivity contribution is -0.152. The van der Waals surface area contributed by atoms with Crippen LogP contribution in [0.4, 0.5) is 18.9 Å². The number of anilines is 1. The second-order valence-electron chi connectivity index (χ2n) is 10.2. The number of fused-ring (bicyclic) bond motifs is 3. The summed E-state index contributed by atoms with van der Waals surface area (Å²) < 4.78 is 39.0. The molecule has 206 valence electrons. The highest BCUT2D eigenvalue weighted by molar-refractivity contribution is 6.22. The maximum absolute atomic E-state index is 13.6. The van der Waals surface area contributed by atoms with Crippen LogP contribution in [0.2, 0.25) is 0 Å². The number of carbonyl (C=O) groups excluding carboxylic acids is 3. The van der Waals surface area contributed by atoms with E-state index in [1.54, 1.807) is 19.0 Å². The average molecular weight is 540 g/mol. The highest BCUT2D eigenvalue weighted by Gasteiger charge is 2.60. The van der Waals surface area contributed by atoms with Gasteiger partial charge in [0.2, 0.25) is 5.78 Å². The predicted molar refractivity (Wildman–Crippen MR) is 128 cm³/mol. The Balaban J connectivity index is 1.87. The van der Waals surface area contributed by atoms with Crippen molar-refractivity contribution in [2.45, 2.75) is 50.6 Å². The molecule has 38 heavy (non-hydrogen) atoms. The third-order valence-electron chi connectivity index (χ3n) is 7.69. The second-order valence-corrected chi connectivity index (χ2v) is 10.2. The fraction of sp³-hybridized carbons (Fsp3) is 0.480. The van der Waals surface area contributed by atoms with E-state index in [-0.39, 0.29) is 29.5 Å². The Morgan fingerprint density at radius 2 is 1.87 bits per heavy atom. The highest BCUT2D eigenvalue weighted by Crippen LogP contribution is 2.53. The van der Waals surface area contributed by atoms with Crippen molar-refractivity contribution in [3.8, 4) is 5.75 Å². The molecule has 0 radical (unpaired) electrons. The van der Waals surface area contributed by atoms with Crippen molar-refractivity contribution in [3.63, 3.8) is 0 Å². The zero-order valence-corrected chi connectivity index (χ0v) is 20.8. The van der Waals surface area contributed by atoms with Gasteiger partial charge in [0.25, 0.3) is 5.91 Å². The first-order chi connectivity index (χ1) is 17.5. The van der Waals surface area contributed by atoms with Crippen molar-refractivity contribution >= 4 is 28.9 Å². The summed E-state index contributed by atoms with van der Waals surface area (Å²) in [5.74, 6) is -7.54. The predicted octanol–water partition coefficient (Wildman–Crippen LogP) is 1.53. The number of aliphatic hydroxyl groups is 3. The Kier molecular flexibility index (Phi) is 6.51. The van der Waals surface area contributed by atoms with Gasteiger partial charge in [0, 0.05) is 49.8 Å². The number of aliphatic hydroxyl groups excluding tert-OH is 2. The first-order valence-electron chi connectivity index (χ1n) is 11.8. The minimum absolute atomic E-state index is 0.0241. The summed E-state index contributed by atoms with van der Waals surface area (Å²) in [6.45, 7) is 0.500. The molecule has 1 fully saturated rings. The number of ketones is 2. The van der Waals surface area contributed by atoms with Gasteiger partial charge in [-0.2, -0.15) is 13.2 Å². The van der Waals surface area contributed by atoms with Crippen molar-refractivity contribution in [2.75, 3.05) is 19.0 Å². The van der Waals surface area contributed by atoms with Crippen LogP contribution in [0.25, 0.3) is 5.76 Å². The van der Waals surface area contributed by atoms with Crippen molar-refractivity contribution in [1.82, 2.24) is 5.32 Å². The number of amides is 1. The van der Waals surface area contributed by atoms with E-state index in [1.165, 1.54) is 6.07 Å². The van der Waals surface area contributed by atoms with Crippen molar-refractivity contribution in [1.29, 1.82) is 0 Å². The fourth-order valence-corrected chi connectivity index (χ4v) is 5.64. The van der Waals surface area contributed by atoms with E-state index in [9.17, 15) is 48.0 Å². The monoisotopic (exact) mass is 539 g/mol. The van der Waals surface area contributed by atoms with Gasteiger partial charge in [-0.3, -0.25) is 14.4 Å². The van der Waals surface area contributed by atoms with E-state index in [4.69, 9.17) is 5.73 Å². The van der Waals surface area contributed by atoms with Gasteiger partial charge in [-0.05, 0) is 37.3 Å². The summed E-state index contributed by atoms with van der Waals surface area (Å²) in [4.78, 5) is 39.5. The summed E-state index contributed by atoms with van der Waals surface area (Å²) in [5, 5.41) is 46.5. The molecule has 0 bridgehead atoms. The lowest BCUT2D eigenvalue weighted by Crippen LogP contribution is -2.58. The number of Topliss-reactive ketones (excluding diaryl/α,β-unsaturated/α-hetero) is 2. The van der Waals surface area contributed by atoms with Crippen molar-refractivity contribution in [2.24, 2.45) is 17.6 Å². The number of halogens is 3. The Bertz CT molecular complexity index is 1320. The minimum atomic E-state index is -4.54. The zero-order chi connectivity index (χ0) is 28.5. The number of hydrogen-bond acceptors (Lipinski definition) is 9. The van der Waals surface area contributed by atoms with Gasteiger partial charge < -0.3 is 36.4 Å². The summed E-state index contributed by atoms with van der Waals surface area (Å²) >= 11 is 0. The van der Waals surface area contributed by atoms with Gasteiger partial charge in [0.15, 0.2) is 11.4 Å². The number of phenolic OH excluding ortho intramolecular Hbond substituents is 1. The molecular formula is C25H28F3N3O7. The summed E-state index contributed by atoms with van der Waals surface area (Å²) in [5.41, 5.74) is 2.01. The average Bonchev–Trinajstić information content (AvgIpc) is 2.79. The normalized spacial score (nSPS) is 26.1. The van der Waals surface area contributed by atoms with Gasteiger partial charge in [-0.25, -0.2) is 0 Å². The third-order valence-corrected chi connectivity index (χ3v) is 7.69. The molecule has 3 aliphatic rings. The number of rotatable bonds is 5. The highest BCUT2D eigenvalue weighted by atomic mass is 19.4. The molecule has 0 spiro atoms. The smallest absolute Gasteiger partial charge is 0.403 e. The Labute approximate surface area is 215 Å². The molecule has 0 heterocycles. The van der Waals surface area contributed by atoms with Crippen LogP contribution in [-0.4, -0.2) is 69.8 Å². The SMILES string of the molecule is CC(NCc1cc(N(C)C)c2c(c1O)C(O)=C1C(=O)[C@]3(O)C(O)=C(C(N)=O)C(=O)C[C@@H]3C[C@@H]1C2)C(F)(F)F. The first-order valence-corrected chi connectivity index (χ1v) is 11.8. The lowest BCUT2D eigenvalue weighted by atomic mass is 9.59. The number of nitrogens with one attached hydrogen (secondary N) is 1. The van der Waals surface area contributed by atoms with E-state index in [0.29, 0.717) is 11.3 Å². The molecule has 1 aromatic rings. The van der Waals surface area contributed by atoms with Crippen LogP contribution in [0.3, 0.4) is 0 Å². The maximum Gasteiger partial charge on any atom is 0.403 e. The molecule has 1 aromatic carbocycles.